The van der Waals surface area contributed by atoms with Gasteiger partial charge in [0.15, 0.2) is 0 Å². The normalized spacial score (nSPS) is 15.3. The third-order valence-electron chi connectivity index (χ3n) is 1.29. The van der Waals surface area contributed by atoms with Gasteiger partial charge in [-0.1, -0.05) is 0 Å². The fraction of sp³-hybridized carbons (Fsp3) is 0.200. The van der Waals surface area contributed by atoms with E-state index in [1.165, 1.54) is 0 Å². The van der Waals surface area contributed by atoms with Gasteiger partial charge in [0.05, 0.1) is 12.5 Å². The third-order valence-corrected chi connectivity index (χ3v) is 1.29. The molecule has 0 aliphatic carbocycles. The van der Waals surface area contributed by atoms with Gasteiger partial charge in [-0.3, -0.25) is 4.79 Å². The van der Waals surface area contributed by atoms with Gasteiger partial charge >= 0.3 is 0 Å². The molecule has 1 aromatic heterocycles. The van der Waals surface area contributed by atoms with Crippen LogP contribution >= 0.6 is 0 Å². The van der Waals surface area contributed by atoms with Crippen molar-refractivity contribution in [2.45, 2.75) is 6.54 Å². The van der Waals surface area contributed by atoms with Gasteiger partial charge in [-0.25, -0.2) is 4.98 Å². The average molecular weight is 123 g/mol. The van der Waals surface area contributed by atoms with Crippen molar-refractivity contribution >= 4 is 11.7 Å². The Labute approximate surface area is 51.5 Å². The molecule has 4 heteroatoms. The lowest BCUT2D eigenvalue weighted by atomic mass is 10.6. The van der Waals surface area contributed by atoms with E-state index in [2.05, 4.69) is 10.3 Å². The molecule has 0 saturated carbocycles. The summed E-state index contributed by atoms with van der Waals surface area (Å²) < 4.78 is 1.77. The predicted molar refractivity (Wildman–Crippen MR) is 30.9 cm³/mol. The van der Waals surface area contributed by atoms with Crippen molar-refractivity contribution in [3.8, 4) is 0 Å². The number of carbonyl (C=O) groups is 1. The number of nitrogens with one attached hydrogen (secondary N) is 1. The Balaban J connectivity index is 2.49. The maximum absolute atomic E-state index is 10.6. The monoisotopic (exact) mass is 123 g/mol. The lowest BCUT2D eigenvalue weighted by Crippen LogP contribution is -2.05. The predicted octanol–water partition coefficient (Wildman–Crippen LogP) is -0.165. The van der Waals surface area contributed by atoms with Gasteiger partial charge in [-0.15, -0.1) is 0 Å². The van der Waals surface area contributed by atoms with Crippen molar-refractivity contribution in [3.63, 3.8) is 0 Å². The van der Waals surface area contributed by atoms with Crippen LogP contribution in [0.5, 0.6) is 0 Å². The first-order valence-corrected chi connectivity index (χ1v) is 2.66. The lowest BCUT2D eigenvalue weighted by Gasteiger charge is -1.85. The molecule has 0 radical (unpaired) electrons. The maximum Gasteiger partial charge on any atom is 0.245 e. The van der Waals surface area contributed by atoms with E-state index in [1.807, 2.05) is 0 Å². The van der Waals surface area contributed by atoms with Gasteiger partial charge in [0, 0.05) is 0 Å². The standard InChI is InChI=1S/C5H5N3O/c9-5-2-8-3-6-1-4(8)7-5/h1,3H,2H2,(H,7,9). The van der Waals surface area contributed by atoms with Crippen LogP contribution in [-0.4, -0.2) is 15.5 Å². The molecule has 0 fully saturated rings. The van der Waals surface area contributed by atoms with Crippen molar-refractivity contribution in [3.05, 3.63) is 12.5 Å². The lowest BCUT2D eigenvalue weighted by molar-refractivity contribution is -0.115. The summed E-state index contributed by atoms with van der Waals surface area (Å²) in [5.74, 6) is 0.826. The molecule has 0 bridgehead atoms. The number of nitrogens with zero attached hydrogens (tertiary/aromatic N) is 2. The van der Waals surface area contributed by atoms with E-state index in [4.69, 9.17) is 0 Å². The average Bonchev–Trinajstić information content (AvgIpc) is 2.22. The van der Waals surface area contributed by atoms with Crippen molar-refractivity contribution in [2.75, 3.05) is 5.32 Å². The topological polar surface area (TPSA) is 46.9 Å². The van der Waals surface area contributed by atoms with Gasteiger partial charge < -0.3 is 9.88 Å². The van der Waals surface area contributed by atoms with Gasteiger partial charge in [-0.2, -0.15) is 0 Å². The highest BCUT2D eigenvalue weighted by atomic mass is 16.2. The Hall–Kier alpha value is -1.32. The van der Waals surface area contributed by atoms with E-state index in [9.17, 15) is 4.79 Å². The van der Waals surface area contributed by atoms with E-state index in [1.54, 1.807) is 17.1 Å². The first kappa shape index (κ1) is 4.55. The zero-order chi connectivity index (χ0) is 6.27. The fourth-order valence-electron chi connectivity index (χ4n) is 0.888. The first-order valence-electron chi connectivity index (χ1n) is 2.66. The number of carbonyl (C=O) groups excluding carboxylic acids is 1. The molecule has 4 nitrogen and oxygen atoms in total. The van der Waals surface area contributed by atoms with Gasteiger partial charge in [0.1, 0.15) is 12.4 Å². The first-order chi connectivity index (χ1) is 4.36. The minimum Gasteiger partial charge on any atom is -0.309 e. The van der Waals surface area contributed by atoms with Crippen molar-refractivity contribution in [2.24, 2.45) is 0 Å². The number of rotatable bonds is 0. The molecule has 2 rings (SSSR count). The van der Waals surface area contributed by atoms with Crippen LogP contribution in [0.1, 0.15) is 0 Å². The van der Waals surface area contributed by atoms with Crippen LogP contribution in [-0.2, 0) is 11.3 Å². The van der Waals surface area contributed by atoms with E-state index in [-0.39, 0.29) is 5.91 Å². The maximum atomic E-state index is 10.6. The van der Waals surface area contributed by atoms with E-state index < -0.39 is 0 Å². The summed E-state index contributed by atoms with van der Waals surface area (Å²) in [5, 5.41) is 2.64. The van der Waals surface area contributed by atoms with E-state index in [0.29, 0.717) is 6.54 Å². The number of hydrogen-bond acceptors (Lipinski definition) is 2. The third kappa shape index (κ3) is 0.526. The summed E-state index contributed by atoms with van der Waals surface area (Å²) in [7, 11) is 0. The molecule has 2 heterocycles. The zero-order valence-corrected chi connectivity index (χ0v) is 4.66. The highest BCUT2D eigenvalue weighted by molar-refractivity contribution is 5.93. The van der Waals surface area contributed by atoms with Gasteiger partial charge in [0.25, 0.3) is 0 Å². The Morgan fingerprint density at radius 3 is 3.44 bits per heavy atom. The molecule has 0 unspecified atom stereocenters. The van der Waals surface area contributed by atoms with Crippen LogP contribution < -0.4 is 5.32 Å². The Bertz CT molecular complexity index is 230. The van der Waals surface area contributed by atoms with E-state index >= 15 is 0 Å². The molecule has 46 valence electrons. The summed E-state index contributed by atoms with van der Waals surface area (Å²) in [6.07, 6.45) is 3.26. The number of hydrogen-bond donors (Lipinski definition) is 1. The molecule has 0 atom stereocenters. The molecule has 0 spiro atoms. The highest BCUT2D eigenvalue weighted by Gasteiger charge is 2.15. The largest absolute Gasteiger partial charge is 0.309 e. The second kappa shape index (κ2) is 1.34. The molecule has 9 heavy (non-hydrogen) atoms. The van der Waals surface area contributed by atoms with Crippen molar-refractivity contribution in [1.29, 1.82) is 0 Å². The number of imidazole rings is 1. The Kier molecular flexibility index (Phi) is 0.677. The SMILES string of the molecule is O=C1Cn2cncc2N1. The molecule has 1 aliphatic heterocycles. The number of aromatic nitrogens is 2. The fourth-order valence-corrected chi connectivity index (χ4v) is 0.888. The Morgan fingerprint density at radius 1 is 1.78 bits per heavy atom. The Morgan fingerprint density at radius 2 is 2.67 bits per heavy atom. The number of fused-ring (bicyclic) bond motifs is 1. The minimum atomic E-state index is 0.0346. The van der Waals surface area contributed by atoms with Crippen LogP contribution in [0.15, 0.2) is 12.5 Å². The smallest absolute Gasteiger partial charge is 0.245 e. The molecule has 0 aromatic carbocycles. The van der Waals surface area contributed by atoms with Crippen molar-refractivity contribution in [1.82, 2.24) is 9.55 Å². The van der Waals surface area contributed by atoms with Crippen molar-refractivity contribution < 1.29 is 4.79 Å². The van der Waals surface area contributed by atoms with Crippen LogP contribution in [0.25, 0.3) is 0 Å². The molecule has 0 saturated heterocycles. The van der Waals surface area contributed by atoms with Crippen LogP contribution in [0.3, 0.4) is 0 Å². The van der Waals surface area contributed by atoms with Gasteiger partial charge in [-0.05, 0) is 0 Å². The highest BCUT2D eigenvalue weighted by Crippen LogP contribution is 2.11. The quantitative estimate of drug-likeness (QED) is 0.520. The van der Waals surface area contributed by atoms with Crippen LogP contribution in [0, 0.1) is 0 Å². The number of amides is 1. The van der Waals surface area contributed by atoms with Crippen LogP contribution in [0.2, 0.25) is 0 Å². The van der Waals surface area contributed by atoms with E-state index in [0.717, 1.165) is 5.82 Å². The minimum absolute atomic E-state index is 0.0346. The van der Waals surface area contributed by atoms with Gasteiger partial charge in [0.2, 0.25) is 5.91 Å². The summed E-state index contributed by atoms with van der Waals surface area (Å²) in [6.45, 7) is 0.412. The molecule has 1 N–H and O–H groups in total. The molecular formula is C5H5N3O. The second-order valence-electron chi connectivity index (χ2n) is 1.95. The molecular weight excluding hydrogens is 118 g/mol. The van der Waals surface area contributed by atoms with Crippen LogP contribution in [0.4, 0.5) is 5.82 Å². The number of anilines is 1. The summed E-state index contributed by atoms with van der Waals surface area (Å²) in [6, 6.07) is 0. The summed E-state index contributed by atoms with van der Waals surface area (Å²) >= 11 is 0. The second-order valence-corrected chi connectivity index (χ2v) is 1.95. The molecule has 1 aromatic rings. The molecule has 1 amide bonds. The molecule has 1 aliphatic rings. The summed E-state index contributed by atoms with van der Waals surface area (Å²) in [4.78, 5) is 14.4. The zero-order valence-electron chi connectivity index (χ0n) is 4.66. The summed E-state index contributed by atoms with van der Waals surface area (Å²) in [5.41, 5.74) is 0.